The van der Waals surface area contributed by atoms with Crippen molar-refractivity contribution in [1.29, 1.82) is 5.26 Å². The van der Waals surface area contributed by atoms with E-state index in [0.717, 1.165) is 30.1 Å². The Bertz CT molecular complexity index is 392. The average molecular weight is 256 g/mol. The second kappa shape index (κ2) is 7.13. The highest BCUT2D eigenvalue weighted by atomic mass is 32.2. The largest absolute Gasteiger partial charge is 0.380 e. The van der Waals surface area contributed by atoms with Crippen molar-refractivity contribution in [2.24, 2.45) is 0 Å². The molecule has 0 saturated carbocycles. The lowest BCUT2D eigenvalue weighted by atomic mass is 10.2. The number of benzene rings is 1. The molecular formula is C12H14F2N2S. The minimum Gasteiger partial charge on any atom is -0.380 e. The van der Waals surface area contributed by atoms with Gasteiger partial charge < -0.3 is 5.32 Å². The van der Waals surface area contributed by atoms with Crippen molar-refractivity contribution in [1.82, 2.24) is 0 Å². The molecule has 0 radical (unpaired) electrons. The lowest BCUT2D eigenvalue weighted by Gasteiger charge is -2.08. The minimum atomic E-state index is -0.718. The molecule has 0 atom stereocenters. The summed E-state index contributed by atoms with van der Waals surface area (Å²) in [6, 6.07) is 3.78. The number of hydrogen-bond donors (Lipinski definition) is 1. The number of hydrogen-bond acceptors (Lipinski definition) is 3. The first-order chi connectivity index (χ1) is 8.19. The zero-order valence-electron chi connectivity index (χ0n) is 9.59. The summed E-state index contributed by atoms with van der Waals surface area (Å²) in [5, 5.41) is 11.3. The van der Waals surface area contributed by atoms with Crippen LogP contribution in [0.15, 0.2) is 12.1 Å². The van der Waals surface area contributed by atoms with Crippen LogP contribution in [-0.4, -0.2) is 18.1 Å². The third kappa shape index (κ3) is 4.23. The van der Waals surface area contributed by atoms with E-state index in [0.29, 0.717) is 6.54 Å². The molecule has 0 spiro atoms. The van der Waals surface area contributed by atoms with Gasteiger partial charge in [0.05, 0.1) is 11.6 Å². The summed E-state index contributed by atoms with van der Waals surface area (Å²) in [4.78, 5) is 0. The smallest absolute Gasteiger partial charge is 0.150 e. The van der Waals surface area contributed by atoms with Crippen LogP contribution in [-0.2, 0) is 0 Å². The van der Waals surface area contributed by atoms with Crippen LogP contribution in [0, 0.1) is 23.0 Å². The fourth-order valence-corrected chi connectivity index (χ4v) is 1.98. The van der Waals surface area contributed by atoms with Gasteiger partial charge in [0.15, 0.2) is 11.6 Å². The Kier molecular flexibility index (Phi) is 5.78. The Morgan fingerprint density at radius 1 is 1.35 bits per heavy atom. The molecule has 0 amide bonds. The quantitative estimate of drug-likeness (QED) is 0.792. The van der Waals surface area contributed by atoms with Crippen molar-refractivity contribution >= 4 is 17.4 Å². The number of nitrogens with zero attached hydrogens (tertiary/aromatic N) is 1. The highest BCUT2D eigenvalue weighted by Crippen LogP contribution is 2.20. The molecule has 0 unspecified atom stereocenters. The number of nitriles is 1. The summed E-state index contributed by atoms with van der Waals surface area (Å²) < 4.78 is 26.8. The van der Waals surface area contributed by atoms with Crippen molar-refractivity contribution in [2.75, 3.05) is 23.4 Å². The molecular weight excluding hydrogens is 242 g/mol. The number of thioether (sulfide) groups is 1. The van der Waals surface area contributed by atoms with Gasteiger partial charge in [0, 0.05) is 6.54 Å². The molecule has 1 aromatic carbocycles. The van der Waals surface area contributed by atoms with E-state index in [-0.39, 0.29) is 11.3 Å². The number of nitrogens with one attached hydrogen (secondary N) is 1. The number of halogens is 2. The van der Waals surface area contributed by atoms with E-state index in [1.807, 2.05) is 0 Å². The monoisotopic (exact) mass is 256 g/mol. The second-order valence-electron chi connectivity index (χ2n) is 3.40. The Labute approximate surface area is 104 Å². The van der Waals surface area contributed by atoms with Crippen LogP contribution in [0.25, 0.3) is 0 Å². The third-order valence-electron chi connectivity index (χ3n) is 2.14. The maximum absolute atomic E-state index is 13.4. The summed E-state index contributed by atoms with van der Waals surface area (Å²) in [6.07, 6.45) is 0.845. The van der Waals surface area contributed by atoms with Gasteiger partial charge in [-0.15, -0.1) is 0 Å². The summed E-state index contributed by atoms with van der Waals surface area (Å²) in [7, 11) is 0. The van der Waals surface area contributed by atoms with Crippen molar-refractivity contribution < 1.29 is 8.78 Å². The van der Waals surface area contributed by atoms with Gasteiger partial charge in [-0.05, 0) is 30.1 Å². The van der Waals surface area contributed by atoms with Crippen LogP contribution in [0.2, 0.25) is 0 Å². The molecule has 0 aliphatic heterocycles. The molecule has 1 aromatic rings. The van der Waals surface area contributed by atoms with E-state index in [9.17, 15) is 8.78 Å². The molecule has 1 rings (SSSR count). The van der Waals surface area contributed by atoms with Crippen LogP contribution in [0.1, 0.15) is 18.9 Å². The molecule has 5 heteroatoms. The van der Waals surface area contributed by atoms with E-state index in [1.54, 1.807) is 17.8 Å². The van der Waals surface area contributed by atoms with E-state index in [4.69, 9.17) is 5.26 Å². The maximum atomic E-state index is 13.4. The molecule has 0 aliphatic rings. The first-order valence-electron chi connectivity index (χ1n) is 5.39. The van der Waals surface area contributed by atoms with E-state index < -0.39 is 11.6 Å². The standard InChI is InChI=1S/C12H14F2N2S/c1-2-17-5-3-4-16-12-10(13)6-9(8-15)7-11(12)14/h6-7,16H,2-5H2,1H3. The highest BCUT2D eigenvalue weighted by Gasteiger charge is 2.10. The Balaban J connectivity index is 2.57. The Morgan fingerprint density at radius 2 is 2.00 bits per heavy atom. The van der Waals surface area contributed by atoms with E-state index in [1.165, 1.54) is 0 Å². The second-order valence-corrected chi connectivity index (χ2v) is 4.80. The molecule has 0 bridgehead atoms. The normalized spacial score (nSPS) is 10.0. The van der Waals surface area contributed by atoms with Crippen molar-refractivity contribution in [3.05, 3.63) is 29.3 Å². The zero-order chi connectivity index (χ0) is 12.7. The molecule has 0 saturated heterocycles. The minimum absolute atomic E-state index is 0.00733. The molecule has 0 aromatic heterocycles. The van der Waals surface area contributed by atoms with Crippen LogP contribution in [0.5, 0.6) is 0 Å². The van der Waals surface area contributed by atoms with Gasteiger partial charge in [-0.3, -0.25) is 0 Å². The summed E-state index contributed by atoms with van der Waals surface area (Å²) in [5.41, 5.74) is -0.155. The number of rotatable bonds is 6. The fraction of sp³-hybridized carbons (Fsp3) is 0.417. The van der Waals surface area contributed by atoms with Gasteiger partial charge >= 0.3 is 0 Å². The zero-order valence-corrected chi connectivity index (χ0v) is 10.4. The topological polar surface area (TPSA) is 35.8 Å². The number of anilines is 1. The average Bonchev–Trinajstić information content (AvgIpc) is 2.31. The molecule has 1 N–H and O–H groups in total. The predicted octanol–water partition coefficient (Wildman–Crippen LogP) is 3.39. The van der Waals surface area contributed by atoms with Crippen LogP contribution < -0.4 is 5.32 Å². The molecule has 17 heavy (non-hydrogen) atoms. The van der Waals surface area contributed by atoms with Crippen molar-refractivity contribution in [3.8, 4) is 6.07 Å². The van der Waals surface area contributed by atoms with Gasteiger partial charge in [-0.1, -0.05) is 6.92 Å². The molecule has 92 valence electrons. The molecule has 2 nitrogen and oxygen atoms in total. The van der Waals surface area contributed by atoms with Gasteiger partial charge in [0.25, 0.3) is 0 Å². The highest BCUT2D eigenvalue weighted by molar-refractivity contribution is 7.99. The van der Waals surface area contributed by atoms with Gasteiger partial charge in [-0.25, -0.2) is 8.78 Å². The molecule has 0 aliphatic carbocycles. The summed E-state index contributed by atoms with van der Waals surface area (Å²) in [6.45, 7) is 2.59. The van der Waals surface area contributed by atoms with Crippen LogP contribution >= 0.6 is 11.8 Å². The Morgan fingerprint density at radius 3 is 2.53 bits per heavy atom. The fourth-order valence-electron chi connectivity index (χ4n) is 1.34. The molecule has 0 heterocycles. The SMILES string of the molecule is CCSCCCNc1c(F)cc(C#N)cc1F. The lowest BCUT2D eigenvalue weighted by molar-refractivity contribution is 0.587. The van der Waals surface area contributed by atoms with E-state index >= 15 is 0 Å². The predicted molar refractivity (Wildman–Crippen MR) is 67.2 cm³/mol. The first-order valence-corrected chi connectivity index (χ1v) is 6.55. The maximum Gasteiger partial charge on any atom is 0.150 e. The Hall–Kier alpha value is -1.28. The van der Waals surface area contributed by atoms with Crippen LogP contribution in [0.3, 0.4) is 0 Å². The van der Waals surface area contributed by atoms with Gasteiger partial charge in [-0.2, -0.15) is 17.0 Å². The summed E-state index contributed by atoms with van der Waals surface area (Å²) >= 11 is 1.79. The first kappa shape index (κ1) is 13.8. The molecule has 0 fully saturated rings. The lowest BCUT2D eigenvalue weighted by Crippen LogP contribution is -2.07. The van der Waals surface area contributed by atoms with Gasteiger partial charge in [0.1, 0.15) is 5.69 Å². The van der Waals surface area contributed by atoms with Crippen molar-refractivity contribution in [2.45, 2.75) is 13.3 Å². The van der Waals surface area contributed by atoms with Crippen LogP contribution in [0.4, 0.5) is 14.5 Å². The van der Waals surface area contributed by atoms with E-state index in [2.05, 4.69) is 12.2 Å². The van der Waals surface area contributed by atoms with Crippen molar-refractivity contribution in [3.63, 3.8) is 0 Å². The summed E-state index contributed by atoms with van der Waals surface area (Å²) in [5.74, 6) is 0.567. The van der Waals surface area contributed by atoms with Gasteiger partial charge in [0.2, 0.25) is 0 Å². The third-order valence-corrected chi connectivity index (χ3v) is 3.13.